The van der Waals surface area contributed by atoms with Gasteiger partial charge in [-0.25, -0.2) is 0 Å². The molecule has 0 heterocycles. The molecule has 3 rings (SSSR count). The molecule has 0 spiro atoms. The summed E-state index contributed by atoms with van der Waals surface area (Å²) in [4.78, 5) is 12.3. The third kappa shape index (κ3) is 6.68. The van der Waals surface area contributed by atoms with E-state index in [4.69, 9.17) is 17.0 Å². The van der Waals surface area contributed by atoms with Crippen LogP contribution in [0.25, 0.3) is 0 Å². The first kappa shape index (κ1) is 22.0. The number of thiocarbonyl (C=S) groups is 1. The number of carbonyl (C=O) groups is 1. The topological polar surface area (TPSA) is 50.4 Å². The van der Waals surface area contributed by atoms with E-state index in [2.05, 4.69) is 50.8 Å². The number of hydrogen-bond donors (Lipinski definition) is 2. The fourth-order valence-corrected chi connectivity index (χ4v) is 3.41. The average molecular weight is 483 g/mol. The molecule has 6 heteroatoms. The minimum absolute atomic E-state index is 0.244. The second-order valence-corrected chi connectivity index (χ2v) is 8.10. The minimum atomic E-state index is -0.258. The van der Waals surface area contributed by atoms with Crippen molar-refractivity contribution in [3.05, 3.63) is 94.0 Å². The molecule has 3 aromatic rings. The van der Waals surface area contributed by atoms with E-state index in [1.165, 1.54) is 5.56 Å². The highest BCUT2D eigenvalue weighted by Gasteiger charge is 2.09. The summed E-state index contributed by atoms with van der Waals surface area (Å²) in [5.41, 5.74) is 3.70. The Balaban J connectivity index is 1.43. The van der Waals surface area contributed by atoms with E-state index in [-0.39, 0.29) is 11.0 Å². The number of rotatable bonds is 7. The van der Waals surface area contributed by atoms with Gasteiger partial charge in [-0.15, -0.1) is 0 Å². The Hall–Kier alpha value is -2.70. The average Bonchev–Trinajstić information content (AvgIpc) is 2.75. The number of anilines is 1. The van der Waals surface area contributed by atoms with Crippen molar-refractivity contribution in [2.24, 2.45) is 0 Å². The van der Waals surface area contributed by atoms with E-state index in [1.807, 2.05) is 43.3 Å². The van der Waals surface area contributed by atoms with Crippen molar-refractivity contribution in [1.29, 1.82) is 0 Å². The molecule has 0 bridgehead atoms. The van der Waals surface area contributed by atoms with Gasteiger partial charge in [0.2, 0.25) is 0 Å². The molecule has 0 unspecified atom stereocenters. The van der Waals surface area contributed by atoms with Gasteiger partial charge in [-0.2, -0.15) is 0 Å². The first-order chi connectivity index (χ1) is 14.5. The summed E-state index contributed by atoms with van der Waals surface area (Å²) >= 11 is 8.68. The van der Waals surface area contributed by atoms with Crippen molar-refractivity contribution in [3.8, 4) is 5.75 Å². The van der Waals surface area contributed by atoms with Crippen molar-refractivity contribution in [2.75, 3.05) is 11.9 Å². The second kappa shape index (κ2) is 10.9. The van der Waals surface area contributed by atoms with Crippen LogP contribution < -0.4 is 15.4 Å². The molecule has 0 fully saturated rings. The molecule has 0 aliphatic carbocycles. The summed E-state index contributed by atoms with van der Waals surface area (Å²) < 4.78 is 6.68. The molecule has 0 aliphatic heterocycles. The number of carbonyl (C=O) groups excluding carboxylic acids is 1. The lowest BCUT2D eigenvalue weighted by Gasteiger charge is -2.11. The van der Waals surface area contributed by atoms with Crippen molar-refractivity contribution in [3.63, 3.8) is 0 Å². The van der Waals surface area contributed by atoms with Gasteiger partial charge in [0, 0.05) is 15.7 Å². The molecule has 0 saturated heterocycles. The van der Waals surface area contributed by atoms with E-state index >= 15 is 0 Å². The Morgan fingerprint density at radius 3 is 2.47 bits per heavy atom. The number of aryl methyl sites for hydroxylation is 2. The standard InChI is InChI=1S/C24H23BrN2O2S/c1-17-9-10-19(16-22(17)25)23(28)27-24(30)26-20-11-13-21(14-12-20)29-15-5-8-18-6-3-2-4-7-18/h2-4,6-7,9-14,16H,5,8,15H2,1H3,(H2,26,27,28,30). The van der Waals surface area contributed by atoms with Crippen LogP contribution in [0.2, 0.25) is 0 Å². The van der Waals surface area contributed by atoms with E-state index in [9.17, 15) is 4.79 Å². The third-order valence-corrected chi connectivity index (χ3v) is 5.55. The Labute approximate surface area is 190 Å². The van der Waals surface area contributed by atoms with Crippen molar-refractivity contribution < 1.29 is 9.53 Å². The molecule has 4 nitrogen and oxygen atoms in total. The van der Waals surface area contributed by atoms with Gasteiger partial charge in [0.05, 0.1) is 6.61 Å². The molecular weight excluding hydrogens is 460 g/mol. The SMILES string of the molecule is Cc1ccc(C(=O)NC(=S)Nc2ccc(OCCCc3ccccc3)cc2)cc1Br. The number of benzene rings is 3. The first-order valence-electron chi connectivity index (χ1n) is 9.66. The van der Waals surface area contributed by atoms with E-state index in [0.29, 0.717) is 12.2 Å². The van der Waals surface area contributed by atoms with Crippen LogP contribution in [0.5, 0.6) is 5.75 Å². The molecule has 0 saturated carbocycles. The van der Waals surface area contributed by atoms with Crippen LogP contribution in [0.3, 0.4) is 0 Å². The van der Waals surface area contributed by atoms with Gasteiger partial charge in [0.25, 0.3) is 5.91 Å². The van der Waals surface area contributed by atoms with Crippen LogP contribution in [0.15, 0.2) is 77.3 Å². The highest BCUT2D eigenvalue weighted by molar-refractivity contribution is 9.10. The molecule has 0 radical (unpaired) electrons. The van der Waals surface area contributed by atoms with Crippen molar-refractivity contribution in [2.45, 2.75) is 19.8 Å². The zero-order valence-corrected chi connectivity index (χ0v) is 19.1. The Bertz CT molecular complexity index is 1010. The maximum Gasteiger partial charge on any atom is 0.257 e. The molecule has 0 aliphatic rings. The number of ether oxygens (including phenoxy) is 1. The normalized spacial score (nSPS) is 10.3. The van der Waals surface area contributed by atoms with Gasteiger partial charge in [-0.3, -0.25) is 10.1 Å². The maximum absolute atomic E-state index is 12.3. The van der Waals surface area contributed by atoms with Crippen molar-refractivity contribution >= 4 is 44.9 Å². The van der Waals surface area contributed by atoms with Gasteiger partial charge in [0.1, 0.15) is 5.75 Å². The van der Waals surface area contributed by atoms with Crippen LogP contribution in [0.4, 0.5) is 5.69 Å². The summed E-state index contributed by atoms with van der Waals surface area (Å²) in [6.45, 7) is 2.62. The summed E-state index contributed by atoms with van der Waals surface area (Å²) in [5.74, 6) is 0.541. The molecule has 154 valence electrons. The number of amides is 1. The maximum atomic E-state index is 12.3. The van der Waals surface area contributed by atoms with Gasteiger partial charge >= 0.3 is 0 Å². The van der Waals surface area contributed by atoms with E-state index in [0.717, 1.165) is 34.3 Å². The van der Waals surface area contributed by atoms with Crippen LogP contribution in [0, 0.1) is 6.92 Å². The molecule has 2 N–H and O–H groups in total. The number of nitrogens with one attached hydrogen (secondary N) is 2. The van der Waals surface area contributed by atoms with Gasteiger partial charge in [0.15, 0.2) is 5.11 Å². The summed E-state index contributed by atoms with van der Waals surface area (Å²) in [6, 6.07) is 23.3. The van der Waals surface area contributed by atoms with E-state index < -0.39 is 0 Å². The largest absolute Gasteiger partial charge is 0.494 e. The molecule has 0 atom stereocenters. The van der Waals surface area contributed by atoms with Gasteiger partial charge < -0.3 is 10.1 Å². The van der Waals surface area contributed by atoms with Gasteiger partial charge in [-0.1, -0.05) is 52.3 Å². The molecule has 0 aromatic heterocycles. The van der Waals surface area contributed by atoms with Crippen molar-refractivity contribution in [1.82, 2.24) is 5.32 Å². The fourth-order valence-electron chi connectivity index (χ4n) is 2.82. The predicted octanol–water partition coefficient (Wildman–Crippen LogP) is 5.90. The fraction of sp³-hybridized carbons (Fsp3) is 0.167. The summed E-state index contributed by atoms with van der Waals surface area (Å²) in [7, 11) is 0. The van der Waals surface area contributed by atoms with Crippen LogP contribution in [-0.2, 0) is 6.42 Å². The lowest BCUT2D eigenvalue weighted by Crippen LogP contribution is -2.34. The van der Waals surface area contributed by atoms with Crippen LogP contribution in [0.1, 0.15) is 27.9 Å². The minimum Gasteiger partial charge on any atom is -0.494 e. The first-order valence-corrected chi connectivity index (χ1v) is 10.9. The Morgan fingerprint density at radius 1 is 1.03 bits per heavy atom. The predicted molar refractivity (Wildman–Crippen MR) is 129 cm³/mol. The monoisotopic (exact) mass is 482 g/mol. The highest BCUT2D eigenvalue weighted by atomic mass is 79.9. The van der Waals surface area contributed by atoms with Crippen LogP contribution >= 0.6 is 28.1 Å². The summed E-state index contributed by atoms with van der Waals surface area (Å²) in [5, 5.41) is 5.95. The number of halogens is 1. The molecular formula is C24H23BrN2O2S. The van der Waals surface area contributed by atoms with Gasteiger partial charge in [-0.05, 0) is 79.5 Å². The lowest BCUT2D eigenvalue weighted by atomic mass is 10.1. The zero-order valence-electron chi connectivity index (χ0n) is 16.7. The molecule has 3 aromatic carbocycles. The summed E-state index contributed by atoms with van der Waals surface area (Å²) in [6.07, 6.45) is 1.95. The number of hydrogen-bond acceptors (Lipinski definition) is 3. The Kier molecular flexibility index (Phi) is 7.99. The molecule has 1 amide bonds. The Morgan fingerprint density at radius 2 is 1.77 bits per heavy atom. The second-order valence-electron chi connectivity index (χ2n) is 6.83. The third-order valence-electron chi connectivity index (χ3n) is 4.49. The lowest BCUT2D eigenvalue weighted by molar-refractivity contribution is 0.0977. The van der Waals surface area contributed by atoms with Crippen LogP contribution in [-0.4, -0.2) is 17.6 Å². The van der Waals surface area contributed by atoms with E-state index in [1.54, 1.807) is 12.1 Å². The molecule has 30 heavy (non-hydrogen) atoms. The highest BCUT2D eigenvalue weighted by Crippen LogP contribution is 2.18. The smallest absolute Gasteiger partial charge is 0.257 e. The quantitative estimate of drug-likeness (QED) is 0.325. The zero-order chi connectivity index (χ0) is 21.3.